The first-order valence-electron chi connectivity index (χ1n) is 6.51. The first kappa shape index (κ1) is 14.4. The Morgan fingerprint density at radius 2 is 2.42 bits per heavy atom. The average Bonchev–Trinajstić information content (AvgIpc) is 2.79. The molecule has 1 unspecified atom stereocenters. The summed E-state index contributed by atoms with van der Waals surface area (Å²) >= 11 is 1.82. The van der Waals surface area contributed by atoms with Crippen LogP contribution in [0.15, 0.2) is 4.52 Å². The minimum absolute atomic E-state index is 0.119. The fourth-order valence-corrected chi connectivity index (χ4v) is 3.26. The highest BCUT2D eigenvalue weighted by molar-refractivity contribution is 7.98. The molecular formula is C13H20N2O3S. The molecule has 0 spiro atoms. The maximum atomic E-state index is 12.4. The predicted molar refractivity (Wildman–Crippen MR) is 74.2 cm³/mol. The van der Waals surface area contributed by atoms with Gasteiger partial charge in [0.05, 0.1) is 12.2 Å². The summed E-state index contributed by atoms with van der Waals surface area (Å²) in [4.78, 5) is 14.3. The van der Waals surface area contributed by atoms with E-state index in [1.165, 1.54) is 6.42 Å². The molecule has 0 radical (unpaired) electrons. The fraction of sp³-hybridized carbons (Fsp3) is 0.692. The van der Waals surface area contributed by atoms with Gasteiger partial charge in [0.25, 0.3) is 5.91 Å². The lowest BCUT2D eigenvalue weighted by atomic mass is 9.99. The summed E-state index contributed by atoms with van der Waals surface area (Å²) in [6.07, 6.45) is 4.29. The molecule has 1 aromatic rings. The van der Waals surface area contributed by atoms with E-state index in [0.717, 1.165) is 25.3 Å². The van der Waals surface area contributed by atoms with E-state index < -0.39 is 0 Å². The number of hydrogen-bond acceptors (Lipinski definition) is 5. The van der Waals surface area contributed by atoms with Crippen LogP contribution < -0.4 is 0 Å². The van der Waals surface area contributed by atoms with Gasteiger partial charge in [0.1, 0.15) is 5.76 Å². The van der Waals surface area contributed by atoms with E-state index in [-0.39, 0.29) is 18.2 Å². The van der Waals surface area contributed by atoms with Gasteiger partial charge < -0.3 is 14.5 Å². The van der Waals surface area contributed by atoms with E-state index in [1.807, 2.05) is 16.7 Å². The molecule has 0 bridgehead atoms. The second kappa shape index (κ2) is 6.43. The number of nitrogens with zero attached hydrogens (tertiary/aromatic N) is 2. The van der Waals surface area contributed by atoms with Crippen molar-refractivity contribution < 1.29 is 14.4 Å². The van der Waals surface area contributed by atoms with Crippen LogP contribution in [0.3, 0.4) is 0 Å². The second-order valence-electron chi connectivity index (χ2n) is 4.94. The number of carbonyl (C=O) groups excluding carboxylic acids is 1. The highest BCUT2D eigenvalue weighted by Gasteiger charge is 2.28. The molecule has 1 aliphatic heterocycles. The Balaban J connectivity index is 2.10. The minimum atomic E-state index is -0.210. The van der Waals surface area contributed by atoms with Gasteiger partial charge in [-0.1, -0.05) is 5.16 Å². The summed E-state index contributed by atoms with van der Waals surface area (Å²) in [5.74, 6) is 2.03. The van der Waals surface area contributed by atoms with Gasteiger partial charge in [0.15, 0.2) is 5.69 Å². The zero-order valence-electron chi connectivity index (χ0n) is 11.4. The zero-order valence-corrected chi connectivity index (χ0v) is 12.2. The summed E-state index contributed by atoms with van der Waals surface area (Å²) < 4.78 is 5.01. The molecule has 1 amide bonds. The summed E-state index contributed by atoms with van der Waals surface area (Å²) in [5, 5.41) is 13.1. The smallest absolute Gasteiger partial charge is 0.276 e. The molecule has 0 aromatic carbocycles. The van der Waals surface area contributed by atoms with Gasteiger partial charge >= 0.3 is 0 Å². The third-order valence-electron chi connectivity index (χ3n) is 3.55. The molecule has 106 valence electrons. The van der Waals surface area contributed by atoms with Gasteiger partial charge in [-0.2, -0.15) is 11.8 Å². The molecule has 6 heteroatoms. The van der Waals surface area contributed by atoms with Gasteiger partial charge in [-0.15, -0.1) is 0 Å². The lowest BCUT2D eigenvalue weighted by Crippen LogP contribution is -2.41. The number of aromatic nitrogens is 1. The lowest BCUT2D eigenvalue weighted by molar-refractivity contribution is 0.0672. The van der Waals surface area contributed by atoms with Crippen LogP contribution in [0.25, 0.3) is 0 Å². The van der Waals surface area contributed by atoms with E-state index in [0.29, 0.717) is 17.2 Å². The average molecular weight is 284 g/mol. The Kier molecular flexibility index (Phi) is 4.87. The van der Waals surface area contributed by atoms with Crippen molar-refractivity contribution in [1.29, 1.82) is 0 Å². The van der Waals surface area contributed by atoms with E-state index >= 15 is 0 Å². The van der Waals surface area contributed by atoms with Crippen LogP contribution in [-0.2, 0) is 6.61 Å². The van der Waals surface area contributed by atoms with Crippen LogP contribution in [0, 0.1) is 12.8 Å². The van der Waals surface area contributed by atoms with Gasteiger partial charge in [-0.3, -0.25) is 4.79 Å². The van der Waals surface area contributed by atoms with Crippen LogP contribution in [0.5, 0.6) is 0 Å². The van der Waals surface area contributed by atoms with E-state index in [9.17, 15) is 9.90 Å². The van der Waals surface area contributed by atoms with Crippen molar-refractivity contribution in [2.75, 3.05) is 25.1 Å². The van der Waals surface area contributed by atoms with E-state index in [4.69, 9.17) is 4.52 Å². The molecule has 1 aromatic heterocycles. The Morgan fingerprint density at radius 1 is 1.63 bits per heavy atom. The van der Waals surface area contributed by atoms with Crippen LogP contribution in [0.2, 0.25) is 0 Å². The molecule has 1 saturated heterocycles. The van der Waals surface area contributed by atoms with Crippen LogP contribution in [0.4, 0.5) is 0 Å². The third-order valence-corrected chi connectivity index (χ3v) is 4.36. The van der Waals surface area contributed by atoms with Gasteiger partial charge in [-0.05, 0) is 37.7 Å². The van der Waals surface area contributed by atoms with Crippen molar-refractivity contribution in [2.24, 2.45) is 5.92 Å². The van der Waals surface area contributed by atoms with E-state index in [1.54, 1.807) is 6.92 Å². The third kappa shape index (κ3) is 3.12. The molecule has 2 heterocycles. The maximum Gasteiger partial charge on any atom is 0.276 e. The monoisotopic (exact) mass is 284 g/mol. The molecule has 19 heavy (non-hydrogen) atoms. The van der Waals surface area contributed by atoms with Crippen molar-refractivity contribution >= 4 is 17.7 Å². The number of aliphatic hydroxyl groups is 1. The number of likely N-dealkylation sites (tertiary alicyclic amines) is 1. The zero-order chi connectivity index (χ0) is 13.8. The number of hydrogen-bond donors (Lipinski definition) is 1. The molecule has 5 nitrogen and oxygen atoms in total. The molecule has 2 rings (SSSR count). The molecule has 1 fully saturated rings. The molecular weight excluding hydrogens is 264 g/mol. The lowest BCUT2D eigenvalue weighted by Gasteiger charge is -2.32. The van der Waals surface area contributed by atoms with Crippen molar-refractivity contribution in [3.63, 3.8) is 0 Å². The molecule has 0 saturated carbocycles. The molecule has 1 atom stereocenters. The van der Waals surface area contributed by atoms with Gasteiger partial charge in [0.2, 0.25) is 0 Å². The SMILES string of the molecule is CSCC1CCCN(C(=O)c2noc(C)c2CO)C1. The number of carbonyl (C=O) groups is 1. The number of piperidine rings is 1. The summed E-state index contributed by atoms with van der Waals surface area (Å²) in [6, 6.07) is 0. The molecule has 0 aliphatic carbocycles. The normalized spacial score (nSPS) is 19.7. The summed E-state index contributed by atoms with van der Waals surface area (Å²) in [7, 11) is 0. The summed E-state index contributed by atoms with van der Waals surface area (Å²) in [5.41, 5.74) is 0.779. The highest BCUT2D eigenvalue weighted by atomic mass is 32.2. The first-order valence-corrected chi connectivity index (χ1v) is 7.91. The van der Waals surface area contributed by atoms with Crippen LogP contribution in [0.1, 0.15) is 34.7 Å². The first-order chi connectivity index (χ1) is 9.17. The quantitative estimate of drug-likeness (QED) is 0.911. The fourth-order valence-electron chi connectivity index (χ4n) is 2.52. The van der Waals surface area contributed by atoms with Gasteiger partial charge in [-0.25, -0.2) is 0 Å². The topological polar surface area (TPSA) is 66.6 Å². The predicted octanol–water partition coefficient (Wildman–Crippen LogP) is 1.69. The Morgan fingerprint density at radius 3 is 3.11 bits per heavy atom. The van der Waals surface area contributed by atoms with Crippen LogP contribution >= 0.6 is 11.8 Å². The largest absolute Gasteiger partial charge is 0.391 e. The van der Waals surface area contributed by atoms with Crippen molar-refractivity contribution in [3.8, 4) is 0 Å². The Bertz CT molecular complexity index is 445. The number of aryl methyl sites for hydroxylation is 1. The standard InChI is InChI=1S/C13H20N2O3S/c1-9-11(7-16)12(14-18-9)13(17)15-5-3-4-10(6-15)8-19-2/h10,16H,3-8H2,1-2H3. The Hall–Kier alpha value is -1.01. The number of aliphatic hydroxyl groups excluding tert-OH is 1. The maximum absolute atomic E-state index is 12.4. The molecule has 1 N–H and O–H groups in total. The van der Waals surface area contributed by atoms with Gasteiger partial charge in [0, 0.05) is 13.1 Å². The number of thioether (sulfide) groups is 1. The van der Waals surface area contributed by atoms with Crippen molar-refractivity contribution in [2.45, 2.75) is 26.4 Å². The minimum Gasteiger partial charge on any atom is -0.391 e. The second-order valence-corrected chi connectivity index (χ2v) is 5.85. The van der Waals surface area contributed by atoms with E-state index in [2.05, 4.69) is 11.4 Å². The summed E-state index contributed by atoms with van der Waals surface area (Å²) in [6.45, 7) is 3.04. The number of rotatable bonds is 4. The van der Waals surface area contributed by atoms with Crippen LogP contribution in [-0.4, -0.2) is 46.2 Å². The van der Waals surface area contributed by atoms with Crippen molar-refractivity contribution in [3.05, 3.63) is 17.0 Å². The Labute approximate surface area is 117 Å². The molecule has 1 aliphatic rings. The highest BCUT2D eigenvalue weighted by Crippen LogP contribution is 2.22. The number of amides is 1. The van der Waals surface area contributed by atoms with Crippen molar-refractivity contribution in [1.82, 2.24) is 10.1 Å².